The highest BCUT2D eigenvalue weighted by Crippen LogP contribution is 2.40. The van der Waals surface area contributed by atoms with Crippen LogP contribution in [-0.2, 0) is 9.53 Å². The minimum absolute atomic E-state index is 0.0152. The molecule has 0 unspecified atom stereocenters. The van der Waals surface area contributed by atoms with Gasteiger partial charge in [0.1, 0.15) is 17.5 Å². The molecule has 4 aromatic rings. The first-order valence-corrected chi connectivity index (χ1v) is 12.9. The van der Waals surface area contributed by atoms with Gasteiger partial charge in [0.05, 0.1) is 29.5 Å². The fourth-order valence-electron chi connectivity index (χ4n) is 4.70. The largest absolute Gasteiger partial charge is 0.496 e. The average molecular weight is 551 g/mol. The van der Waals surface area contributed by atoms with Gasteiger partial charge < -0.3 is 14.2 Å². The molecule has 1 aromatic heterocycles. The van der Waals surface area contributed by atoms with Gasteiger partial charge in [-0.2, -0.15) is 8.78 Å². The summed E-state index contributed by atoms with van der Waals surface area (Å²) in [6.45, 7) is 0.663. The lowest BCUT2D eigenvalue weighted by molar-refractivity contribution is -0.139. The maximum atomic E-state index is 13.9. The van der Waals surface area contributed by atoms with Gasteiger partial charge in [-0.05, 0) is 54.5 Å². The molecule has 0 spiro atoms. The number of halogens is 2. The van der Waals surface area contributed by atoms with E-state index in [4.69, 9.17) is 9.47 Å². The Bertz CT molecular complexity index is 1770. The zero-order chi connectivity index (χ0) is 27.7. The van der Waals surface area contributed by atoms with Crippen molar-refractivity contribution < 1.29 is 27.8 Å². The minimum atomic E-state index is -2.93. The first kappa shape index (κ1) is 26.3. The number of nitrogens with zero attached hydrogens (tertiary/aromatic N) is 2. The van der Waals surface area contributed by atoms with Gasteiger partial charge in [-0.25, -0.2) is 9.79 Å². The molecule has 5 rings (SSSR count). The normalized spacial score (nSPS) is 15.3. The number of hydrogen-bond acceptors (Lipinski definition) is 7. The number of carbonyl (C=O) groups excluding carboxylic acids is 1. The molecule has 1 aliphatic heterocycles. The Kier molecular flexibility index (Phi) is 7.30. The van der Waals surface area contributed by atoms with Gasteiger partial charge in [-0.15, -0.1) is 0 Å². The zero-order valence-electron chi connectivity index (χ0n) is 21.3. The standard InChI is InChI=1S/C29H24F2N2O5S/c1-4-37-27(35)23-16(2)32-29-33(25(23)24-20-8-6-5-7-18(20)11-14-21(24)36-3)26(34)22(39-29)15-17-9-12-19(13-10-17)38-28(30)31/h5-15,25,28H,4H2,1-3H3/b22-15+/t25-/m0/s1. The van der Waals surface area contributed by atoms with Crippen LogP contribution >= 0.6 is 11.3 Å². The highest BCUT2D eigenvalue weighted by atomic mass is 32.1. The second-order valence-corrected chi connectivity index (χ2v) is 9.66. The number of aromatic nitrogens is 1. The number of alkyl halides is 2. The molecular formula is C29H24F2N2O5S. The predicted octanol–water partition coefficient (Wildman–Crippen LogP) is 4.56. The van der Waals surface area contributed by atoms with Crippen LogP contribution in [0.5, 0.6) is 11.5 Å². The molecule has 10 heteroatoms. The summed E-state index contributed by atoms with van der Waals surface area (Å²) in [5.74, 6) is -0.0385. The van der Waals surface area contributed by atoms with Crippen LogP contribution in [0.4, 0.5) is 8.78 Å². The Balaban J connectivity index is 1.75. The molecule has 0 saturated heterocycles. The maximum absolute atomic E-state index is 13.9. The first-order valence-electron chi connectivity index (χ1n) is 12.1. The number of carbonyl (C=O) groups is 1. The zero-order valence-corrected chi connectivity index (χ0v) is 22.1. The number of rotatable bonds is 7. The van der Waals surface area contributed by atoms with Gasteiger partial charge in [0, 0.05) is 5.56 Å². The molecule has 39 heavy (non-hydrogen) atoms. The van der Waals surface area contributed by atoms with Crippen LogP contribution in [0.25, 0.3) is 16.8 Å². The van der Waals surface area contributed by atoms with Crippen molar-refractivity contribution in [2.24, 2.45) is 4.99 Å². The van der Waals surface area contributed by atoms with Crippen LogP contribution in [-0.4, -0.2) is 30.9 Å². The number of benzene rings is 3. The van der Waals surface area contributed by atoms with E-state index >= 15 is 0 Å². The van der Waals surface area contributed by atoms with Crippen molar-refractivity contribution in [3.63, 3.8) is 0 Å². The number of hydrogen-bond donors (Lipinski definition) is 0. The second-order valence-electron chi connectivity index (χ2n) is 8.65. The van der Waals surface area contributed by atoms with Gasteiger partial charge in [0.25, 0.3) is 5.56 Å². The summed E-state index contributed by atoms with van der Waals surface area (Å²) in [5.41, 5.74) is 1.59. The number of thiazole rings is 1. The molecule has 2 heterocycles. The Labute approximate surface area is 225 Å². The van der Waals surface area contributed by atoms with Gasteiger partial charge in [-0.3, -0.25) is 9.36 Å². The lowest BCUT2D eigenvalue weighted by Gasteiger charge is -2.27. The molecule has 3 aromatic carbocycles. The molecule has 1 aliphatic rings. The Morgan fingerprint density at radius 1 is 1.13 bits per heavy atom. The molecule has 7 nitrogen and oxygen atoms in total. The highest BCUT2D eigenvalue weighted by molar-refractivity contribution is 7.07. The van der Waals surface area contributed by atoms with Crippen LogP contribution < -0.4 is 24.4 Å². The quantitative estimate of drug-likeness (QED) is 0.315. The summed E-state index contributed by atoms with van der Waals surface area (Å²) in [4.78, 5) is 32.2. The average Bonchev–Trinajstić information content (AvgIpc) is 3.22. The van der Waals surface area contributed by atoms with E-state index < -0.39 is 18.6 Å². The molecule has 0 fully saturated rings. The van der Waals surface area contributed by atoms with E-state index in [2.05, 4.69) is 9.73 Å². The monoisotopic (exact) mass is 550 g/mol. The van der Waals surface area contributed by atoms with Crippen molar-refractivity contribution in [2.75, 3.05) is 13.7 Å². The number of methoxy groups -OCH3 is 1. The van der Waals surface area contributed by atoms with E-state index in [1.54, 1.807) is 39.2 Å². The third kappa shape index (κ3) is 4.95. The van der Waals surface area contributed by atoms with Gasteiger partial charge in [-0.1, -0.05) is 53.8 Å². The lowest BCUT2D eigenvalue weighted by atomic mass is 9.90. The molecule has 0 N–H and O–H groups in total. The third-order valence-corrected chi connectivity index (χ3v) is 7.33. The van der Waals surface area contributed by atoms with Crippen molar-refractivity contribution in [3.8, 4) is 11.5 Å². The van der Waals surface area contributed by atoms with Crippen LogP contribution in [0, 0.1) is 0 Å². The maximum Gasteiger partial charge on any atom is 0.387 e. The van der Waals surface area contributed by atoms with Crippen LogP contribution in [0.1, 0.15) is 31.0 Å². The summed E-state index contributed by atoms with van der Waals surface area (Å²) in [7, 11) is 1.54. The van der Waals surface area contributed by atoms with Gasteiger partial charge >= 0.3 is 12.6 Å². The summed E-state index contributed by atoms with van der Waals surface area (Å²) in [6, 6.07) is 16.5. The summed E-state index contributed by atoms with van der Waals surface area (Å²) in [5, 5.41) is 1.74. The van der Waals surface area contributed by atoms with Crippen molar-refractivity contribution in [1.82, 2.24) is 4.57 Å². The number of esters is 1. The van der Waals surface area contributed by atoms with Crippen molar-refractivity contribution in [3.05, 3.63) is 103 Å². The lowest BCUT2D eigenvalue weighted by Crippen LogP contribution is -2.40. The summed E-state index contributed by atoms with van der Waals surface area (Å²) >= 11 is 1.17. The van der Waals surface area contributed by atoms with Crippen LogP contribution in [0.2, 0.25) is 0 Å². The van der Waals surface area contributed by atoms with Crippen molar-refractivity contribution in [1.29, 1.82) is 0 Å². The van der Waals surface area contributed by atoms with Crippen molar-refractivity contribution in [2.45, 2.75) is 26.5 Å². The highest BCUT2D eigenvalue weighted by Gasteiger charge is 2.36. The van der Waals surface area contributed by atoms with E-state index in [-0.39, 0.29) is 23.5 Å². The van der Waals surface area contributed by atoms with Crippen LogP contribution in [0.15, 0.2) is 81.7 Å². The third-order valence-electron chi connectivity index (χ3n) is 6.34. The smallest absolute Gasteiger partial charge is 0.387 e. The fraction of sp³-hybridized carbons (Fsp3) is 0.207. The molecule has 0 bridgehead atoms. The number of allylic oxidation sites excluding steroid dienone is 1. The molecule has 0 amide bonds. The Hall–Kier alpha value is -4.31. The number of fused-ring (bicyclic) bond motifs is 2. The predicted molar refractivity (Wildman–Crippen MR) is 144 cm³/mol. The number of ether oxygens (including phenoxy) is 3. The van der Waals surface area contributed by atoms with E-state index in [1.807, 2.05) is 36.4 Å². The van der Waals surface area contributed by atoms with Crippen LogP contribution in [0.3, 0.4) is 0 Å². The summed E-state index contributed by atoms with van der Waals surface area (Å²) in [6.07, 6.45) is 1.65. The minimum Gasteiger partial charge on any atom is -0.496 e. The summed E-state index contributed by atoms with van der Waals surface area (Å²) < 4.78 is 42.4. The van der Waals surface area contributed by atoms with Gasteiger partial charge in [0.15, 0.2) is 4.80 Å². The molecule has 200 valence electrons. The topological polar surface area (TPSA) is 79.1 Å². The van der Waals surface area contributed by atoms with E-state index in [1.165, 1.54) is 28.0 Å². The molecule has 1 atom stereocenters. The van der Waals surface area contributed by atoms with E-state index in [0.29, 0.717) is 31.9 Å². The fourth-order valence-corrected chi connectivity index (χ4v) is 5.74. The van der Waals surface area contributed by atoms with E-state index in [9.17, 15) is 18.4 Å². The van der Waals surface area contributed by atoms with Gasteiger partial charge in [0.2, 0.25) is 0 Å². The van der Waals surface area contributed by atoms with E-state index in [0.717, 1.165) is 10.8 Å². The first-order chi connectivity index (χ1) is 18.8. The molecule has 0 aliphatic carbocycles. The van der Waals surface area contributed by atoms with Crippen molar-refractivity contribution >= 4 is 34.2 Å². The SMILES string of the molecule is CCOC(=O)C1=C(C)N=c2s/c(=C/c3ccc(OC(F)F)cc3)c(=O)n2[C@@H]1c1c(OC)ccc2ccccc12. The Morgan fingerprint density at radius 2 is 1.87 bits per heavy atom. The second kappa shape index (κ2) is 10.8. The molecule has 0 radical (unpaired) electrons. The molecular weight excluding hydrogens is 526 g/mol. The molecule has 0 saturated carbocycles. The Morgan fingerprint density at radius 3 is 2.56 bits per heavy atom.